The lowest BCUT2D eigenvalue weighted by molar-refractivity contribution is 0.415. The molecule has 4 rings (SSSR count). The highest BCUT2D eigenvalue weighted by atomic mass is 32.2. The molecule has 7 nitrogen and oxygen atoms in total. The molecule has 1 aliphatic heterocycles. The molecule has 9 heteroatoms. The fraction of sp³-hybridized carbons (Fsp3) is 0.238. The average Bonchev–Trinajstić information content (AvgIpc) is 3.47. The Morgan fingerprint density at radius 1 is 1.10 bits per heavy atom. The topological polar surface area (TPSA) is 83.9 Å². The lowest BCUT2D eigenvalue weighted by atomic mass is 10.2. The van der Waals surface area contributed by atoms with Gasteiger partial charge in [-0.3, -0.25) is 5.43 Å². The molecule has 1 saturated heterocycles. The van der Waals surface area contributed by atoms with Gasteiger partial charge in [-0.05, 0) is 54.8 Å². The van der Waals surface area contributed by atoms with Gasteiger partial charge in [-0.1, -0.05) is 12.1 Å². The number of benzene rings is 2. The number of rotatable bonds is 7. The van der Waals surface area contributed by atoms with Crippen LogP contribution in [0.2, 0.25) is 0 Å². The molecule has 0 amide bonds. The third kappa shape index (κ3) is 4.53. The van der Waals surface area contributed by atoms with Crippen molar-refractivity contribution in [1.82, 2.24) is 9.29 Å². The Bertz CT molecular complexity index is 1120. The van der Waals surface area contributed by atoms with Crippen LogP contribution < -0.4 is 10.2 Å². The van der Waals surface area contributed by atoms with Gasteiger partial charge < -0.3 is 4.74 Å². The van der Waals surface area contributed by atoms with E-state index in [0.29, 0.717) is 23.1 Å². The molecule has 156 valence electrons. The summed E-state index contributed by atoms with van der Waals surface area (Å²) in [7, 11) is -1.77. The summed E-state index contributed by atoms with van der Waals surface area (Å²) in [5.74, 6) is 0.795. The summed E-state index contributed by atoms with van der Waals surface area (Å²) in [5, 5.41) is 6.78. The van der Waals surface area contributed by atoms with Crippen LogP contribution in [0.3, 0.4) is 0 Å². The van der Waals surface area contributed by atoms with E-state index in [4.69, 9.17) is 4.74 Å². The standard InChI is InChI=1S/C21H22N4O3S2/c1-28-18-8-4-16(5-9-18)14-22-24-21-23-20(15-29-21)17-6-10-19(11-7-17)30(26,27)25-12-2-3-13-25/h4-11,14-15H,2-3,12-13H2,1H3,(H,23,24)/b22-14-. The summed E-state index contributed by atoms with van der Waals surface area (Å²) in [6.45, 7) is 1.20. The van der Waals surface area contributed by atoms with E-state index in [9.17, 15) is 8.42 Å². The normalized spacial score (nSPS) is 15.0. The minimum Gasteiger partial charge on any atom is -0.497 e. The Kier molecular flexibility index (Phi) is 6.12. The van der Waals surface area contributed by atoms with Crippen LogP contribution in [0.15, 0.2) is 63.9 Å². The summed E-state index contributed by atoms with van der Waals surface area (Å²) in [6.07, 6.45) is 3.55. The Labute approximate surface area is 180 Å². The van der Waals surface area contributed by atoms with E-state index in [2.05, 4.69) is 15.5 Å². The van der Waals surface area contributed by atoms with Crippen molar-refractivity contribution in [3.8, 4) is 17.0 Å². The van der Waals surface area contributed by atoms with E-state index in [1.807, 2.05) is 29.6 Å². The Hall–Kier alpha value is -2.75. The highest BCUT2D eigenvalue weighted by Gasteiger charge is 2.26. The molecule has 1 aromatic heterocycles. The Morgan fingerprint density at radius 2 is 1.80 bits per heavy atom. The summed E-state index contributed by atoms with van der Waals surface area (Å²) >= 11 is 1.43. The van der Waals surface area contributed by atoms with E-state index in [1.165, 1.54) is 11.3 Å². The van der Waals surface area contributed by atoms with Crippen LogP contribution in [0, 0.1) is 0 Å². The smallest absolute Gasteiger partial charge is 0.243 e. The molecule has 1 fully saturated rings. The monoisotopic (exact) mass is 442 g/mol. The van der Waals surface area contributed by atoms with Crippen molar-refractivity contribution in [3.63, 3.8) is 0 Å². The highest BCUT2D eigenvalue weighted by Crippen LogP contribution is 2.27. The van der Waals surface area contributed by atoms with Crippen molar-refractivity contribution in [2.75, 3.05) is 25.6 Å². The van der Waals surface area contributed by atoms with E-state index < -0.39 is 10.0 Å². The number of aromatic nitrogens is 1. The number of ether oxygens (including phenoxy) is 1. The number of methoxy groups -OCH3 is 1. The van der Waals surface area contributed by atoms with Gasteiger partial charge >= 0.3 is 0 Å². The molecule has 2 heterocycles. The zero-order chi connectivity index (χ0) is 21.0. The lowest BCUT2D eigenvalue weighted by Gasteiger charge is -2.15. The van der Waals surface area contributed by atoms with Crippen molar-refractivity contribution < 1.29 is 13.2 Å². The molecular formula is C21H22N4O3S2. The van der Waals surface area contributed by atoms with Gasteiger partial charge in [0.2, 0.25) is 15.2 Å². The number of hydrazone groups is 1. The first kappa shape index (κ1) is 20.5. The third-order valence-corrected chi connectivity index (χ3v) is 7.51. The minimum atomic E-state index is -3.40. The number of hydrogen-bond acceptors (Lipinski definition) is 7. The van der Waals surface area contributed by atoms with E-state index >= 15 is 0 Å². The van der Waals surface area contributed by atoms with Gasteiger partial charge in [0.05, 0.1) is 23.9 Å². The number of nitrogens with one attached hydrogen (secondary N) is 1. The molecule has 30 heavy (non-hydrogen) atoms. The van der Waals surface area contributed by atoms with Crippen molar-refractivity contribution in [1.29, 1.82) is 0 Å². The predicted octanol–water partition coefficient (Wildman–Crippen LogP) is 4.05. The van der Waals surface area contributed by atoms with Crippen LogP contribution in [-0.4, -0.2) is 44.1 Å². The third-order valence-electron chi connectivity index (χ3n) is 4.85. The van der Waals surface area contributed by atoms with E-state index in [0.717, 1.165) is 35.4 Å². The van der Waals surface area contributed by atoms with Gasteiger partial charge in [0.1, 0.15) is 5.75 Å². The van der Waals surface area contributed by atoms with Crippen LogP contribution in [0.1, 0.15) is 18.4 Å². The fourth-order valence-electron chi connectivity index (χ4n) is 3.18. The molecule has 1 aliphatic rings. The summed E-state index contributed by atoms with van der Waals surface area (Å²) in [4.78, 5) is 4.85. The molecule has 0 saturated carbocycles. The van der Waals surface area contributed by atoms with Crippen LogP contribution in [0.5, 0.6) is 5.75 Å². The van der Waals surface area contributed by atoms with Gasteiger partial charge in [-0.15, -0.1) is 11.3 Å². The SMILES string of the molecule is COc1ccc(/C=N\Nc2nc(-c3ccc(S(=O)(=O)N4CCCC4)cc3)cs2)cc1. The highest BCUT2D eigenvalue weighted by molar-refractivity contribution is 7.89. The zero-order valence-electron chi connectivity index (χ0n) is 16.5. The Balaban J connectivity index is 1.41. The quantitative estimate of drug-likeness (QED) is 0.441. The summed E-state index contributed by atoms with van der Waals surface area (Å²) in [6, 6.07) is 14.5. The van der Waals surface area contributed by atoms with Crippen molar-refractivity contribution in [2.45, 2.75) is 17.7 Å². The first-order chi connectivity index (χ1) is 14.6. The molecule has 0 atom stereocenters. The second-order valence-corrected chi connectivity index (χ2v) is 9.61. The maximum Gasteiger partial charge on any atom is 0.243 e. The summed E-state index contributed by atoms with van der Waals surface area (Å²) < 4.78 is 32.0. The van der Waals surface area contributed by atoms with Gasteiger partial charge in [0, 0.05) is 24.0 Å². The first-order valence-corrected chi connectivity index (χ1v) is 11.9. The largest absolute Gasteiger partial charge is 0.497 e. The molecule has 3 aromatic rings. The van der Waals surface area contributed by atoms with E-state index in [1.54, 1.807) is 41.9 Å². The molecule has 1 N–H and O–H groups in total. The molecule has 0 unspecified atom stereocenters. The summed E-state index contributed by atoms with van der Waals surface area (Å²) in [5.41, 5.74) is 5.50. The molecule has 0 spiro atoms. The number of sulfonamides is 1. The molecule has 0 aliphatic carbocycles. The van der Waals surface area contributed by atoms with Crippen LogP contribution in [0.4, 0.5) is 5.13 Å². The molecule has 2 aromatic carbocycles. The zero-order valence-corrected chi connectivity index (χ0v) is 18.1. The lowest BCUT2D eigenvalue weighted by Crippen LogP contribution is -2.27. The van der Waals surface area contributed by atoms with Gasteiger partial charge in [-0.2, -0.15) is 9.41 Å². The van der Waals surface area contributed by atoms with Crippen LogP contribution in [0.25, 0.3) is 11.3 Å². The second kappa shape index (κ2) is 8.95. The van der Waals surface area contributed by atoms with Crippen LogP contribution in [-0.2, 0) is 10.0 Å². The second-order valence-electron chi connectivity index (χ2n) is 6.82. The average molecular weight is 443 g/mol. The van der Waals surface area contributed by atoms with Crippen molar-refractivity contribution in [2.24, 2.45) is 5.10 Å². The fourth-order valence-corrected chi connectivity index (χ4v) is 5.37. The molecular weight excluding hydrogens is 420 g/mol. The maximum absolute atomic E-state index is 12.6. The number of nitrogens with zero attached hydrogens (tertiary/aromatic N) is 3. The molecule has 0 bridgehead atoms. The predicted molar refractivity (Wildman–Crippen MR) is 120 cm³/mol. The maximum atomic E-state index is 12.6. The van der Waals surface area contributed by atoms with Gasteiger partial charge in [0.15, 0.2) is 0 Å². The number of hydrogen-bond donors (Lipinski definition) is 1. The van der Waals surface area contributed by atoms with Gasteiger partial charge in [0.25, 0.3) is 0 Å². The minimum absolute atomic E-state index is 0.325. The van der Waals surface area contributed by atoms with E-state index in [-0.39, 0.29) is 0 Å². The van der Waals surface area contributed by atoms with Crippen LogP contribution >= 0.6 is 11.3 Å². The van der Waals surface area contributed by atoms with Crippen molar-refractivity contribution in [3.05, 3.63) is 59.5 Å². The van der Waals surface area contributed by atoms with Crippen molar-refractivity contribution >= 4 is 32.7 Å². The Morgan fingerprint density at radius 3 is 2.47 bits per heavy atom. The van der Waals surface area contributed by atoms with Gasteiger partial charge in [-0.25, -0.2) is 13.4 Å². The number of anilines is 1. The molecule has 0 radical (unpaired) electrons. The number of thiazole rings is 1. The first-order valence-electron chi connectivity index (χ1n) is 9.55.